The summed E-state index contributed by atoms with van der Waals surface area (Å²) < 4.78 is 0. The van der Waals surface area contributed by atoms with Crippen LogP contribution in [0.3, 0.4) is 0 Å². The van der Waals surface area contributed by atoms with Crippen LogP contribution in [0.5, 0.6) is 0 Å². The lowest BCUT2D eigenvalue weighted by molar-refractivity contribution is -0.131. The van der Waals surface area contributed by atoms with E-state index in [1.807, 2.05) is 6.08 Å². The van der Waals surface area contributed by atoms with Gasteiger partial charge in [-0.2, -0.15) is 0 Å². The van der Waals surface area contributed by atoms with Crippen LogP contribution in [0.2, 0.25) is 0 Å². The molecule has 0 aromatic heterocycles. The molecule has 0 aromatic rings. The second-order valence-electron chi connectivity index (χ2n) is 4.35. The minimum absolute atomic E-state index is 0.428. The smallest absolute Gasteiger partial charge is 0.328 e. The van der Waals surface area contributed by atoms with E-state index in [1.165, 1.54) is 18.1 Å². The fraction of sp³-hybridized carbons (Fsp3) is 0.545. The topological polar surface area (TPSA) is 37.3 Å². The Bertz CT molecular complexity index is 272. The van der Waals surface area contributed by atoms with Crippen molar-refractivity contribution in [1.82, 2.24) is 0 Å². The molecule has 0 radical (unpaired) electrons. The van der Waals surface area contributed by atoms with E-state index in [2.05, 4.69) is 20.8 Å². The summed E-state index contributed by atoms with van der Waals surface area (Å²) in [7, 11) is 0. The van der Waals surface area contributed by atoms with Gasteiger partial charge in [-0.3, -0.25) is 0 Å². The van der Waals surface area contributed by atoms with Crippen molar-refractivity contribution in [2.75, 3.05) is 0 Å². The van der Waals surface area contributed by atoms with Gasteiger partial charge in [0.1, 0.15) is 0 Å². The maximum absolute atomic E-state index is 10.2. The predicted octanol–water partition coefficient (Wildman–Crippen LogP) is 2.62. The molecule has 1 unspecified atom stereocenters. The van der Waals surface area contributed by atoms with Crippen molar-refractivity contribution < 1.29 is 9.90 Å². The predicted molar refractivity (Wildman–Crippen MR) is 52.4 cm³/mol. The highest BCUT2D eigenvalue weighted by Crippen LogP contribution is 2.55. The van der Waals surface area contributed by atoms with Crippen molar-refractivity contribution in [3.05, 3.63) is 23.8 Å². The molecule has 1 N–H and O–H groups in total. The van der Waals surface area contributed by atoms with Gasteiger partial charge in [0, 0.05) is 6.08 Å². The molecule has 1 aliphatic carbocycles. The zero-order valence-corrected chi connectivity index (χ0v) is 8.37. The van der Waals surface area contributed by atoms with E-state index < -0.39 is 5.97 Å². The van der Waals surface area contributed by atoms with E-state index in [4.69, 9.17) is 5.11 Å². The second-order valence-corrected chi connectivity index (χ2v) is 4.35. The first-order chi connectivity index (χ1) is 5.93. The van der Waals surface area contributed by atoms with Gasteiger partial charge in [0.2, 0.25) is 0 Å². The molecule has 2 nitrogen and oxygen atoms in total. The van der Waals surface area contributed by atoms with Crippen LogP contribution in [0.4, 0.5) is 0 Å². The molecule has 0 heterocycles. The minimum Gasteiger partial charge on any atom is -0.478 e. The van der Waals surface area contributed by atoms with Crippen LogP contribution in [0.1, 0.15) is 27.2 Å². The van der Waals surface area contributed by atoms with Gasteiger partial charge in [-0.1, -0.05) is 31.6 Å². The first-order valence-corrected chi connectivity index (χ1v) is 4.51. The molecule has 0 amide bonds. The molecular formula is C11H16O2. The lowest BCUT2D eigenvalue weighted by Gasteiger charge is -2.01. The fourth-order valence-corrected chi connectivity index (χ4v) is 1.64. The summed E-state index contributed by atoms with van der Waals surface area (Å²) in [6.45, 7) is 6.53. The SMILES string of the molecule is C/C(=C/C=C/C(=O)O)C1CC1(C)C. The van der Waals surface area contributed by atoms with Gasteiger partial charge in [-0.15, -0.1) is 0 Å². The van der Waals surface area contributed by atoms with E-state index in [0.29, 0.717) is 11.3 Å². The minimum atomic E-state index is -0.890. The summed E-state index contributed by atoms with van der Waals surface area (Å²) >= 11 is 0. The van der Waals surface area contributed by atoms with Gasteiger partial charge >= 0.3 is 5.97 Å². The second kappa shape index (κ2) is 3.36. The molecule has 2 heteroatoms. The first-order valence-electron chi connectivity index (χ1n) is 4.51. The average molecular weight is 180 g/mol. The van der Waals surface area contributed by atoms with Crippen molar-refractivity contribution >= 4 is 5.97 Å². The fourth-order valence-electron chi connectivity index (χ4n) is 1.64. The normalized spacial score (nSPS) is 26.4. The third-order valence-electron chi connectivity index (χ3n) is 2.66. The zero-order chi connectivity index (χ0) is 10.1. The summed E-state index contributed by atoms with van der Waals surface area (Å²) in [6.07, 6.45) is 5.88. The quantitative estimate of drug-likeness (QED) is 0.535. The van der Waals surface area contributed by atoms with E-state index in [-0.39, 0.29) is 0 Å². The van der Waals surface area contributed by atoms with Crippen LogP contribution in [-0.4, -0.2) is 11.1 Å². The highest BCUT2D eigenvalue weighted by atomic mass is 16.4. The lowest BCUT2D eigenvalue weighted by atomic mass is 10.0. The van der Waals surface area contributed by atoms with Gasteiger partial charge in [-0.25, -0.2) is 4.79 Å². The number of carboxylic acids is 1. The van der Waals surface area contributed by atoms with Gasteiger partial charge < -0.3 is 5.11 Å². The molecule has 72 valence electrons. The number of hydrogen-bond donors (Lipinski definition) is 1. The molecule has 1 atom stereocenters. The van der Waals surface area contributed by atoms with E-state index in [0.717, 1.165) is 0 Å². The molecule has 0 aromatic carbocycles. The van der Waals surface area contributed by atoms with E-state index in [9.17, 15) is 4.79 Å². The van der Waals surface area contributed by atoms with Gasteiger partial charge in [0.15, 0.2) is 0 Å². The Labute approximate surface area is 79.0 Å². The Balaban J connectivity index is 2.49. The van der Waals surface area contributed by atoms with Crippen LogP contribution >= 0.6 is 0 Å². The highest BCUT2D eigenvalue weighted by Gasteiger charge is 2.45. The molecule has 13 heavy (non-hydrogen) atoms. The van der Waals surface area contributed by atoms with Crippen molar-refractivity contribution in [2.45, 2.75) is 27.2 Å². The van der Waals surface area contributed by atoms with E-state index in [1.54, 1.807) is 6.08 Å². The third-order valence-corrected chi connectivity index (χ3v) is 2.66. The first kappa shape index (κ1) is 10.0. The number of aliphatic carboxylic acids is 1. The molecule has 0 saturated heterocycles. The van der Waals surface area contributed by atoms with Crippen LogP contribution in [0, 0.1) is 11.3 Å². The van der Waals surface area contributed by atoms with Crippen LogP contribution in [-0.2, 0) is 4.79 Å². The number of allylic oxidation sites excluding steroid dienone is 3. The molecule has 1 fully saturated rings. The molecular weight excluding hydrogens is 164 g/mol. The van der Waals surface area contributed by atoms with Crippen LogP contribution in [0.15, 0.2) is 23.8 Å². The summed E-state index contributed by atoms with van der Waals surface area (Å²) in [4.78, 5) is 10.2. The van der Waals surface area contributed by atoms with Crippen LogP contribution < -0.4 is 0 Å². The Morgan fingerprint density at radius 2 is 2.08 bits per heavy atom. The number of hydrogen-bond acceptors (Lipinski definition) is 1. The van der Waals surface area contributed by atoms with Gasteiger partial charge in [-0.05, 0) is 24.7 Å². The molecule has 0 spiro atoms. The number of carboxylic acid groups (broad SMARTS) is 1. The summed E-state index contributed by atoms with van der Waals surface area (Å²) in [5.74, 6) is -0.245. The van der Waals surface area contributed by atoms with Crippen molar-refractivity contribution in [2.24, 2.45) is 11.3 Å². The molecule has 0 bridgehead atoms. The number of carbonyl (C=O) groups is 1. The van der Waals surface area contributed by atoms with Crippen molar-refractivity contribution in [1.29, 1.82) is 0 Å². The highest BCUT2D eigenvalue weighted by molar-refractivity contribution is 5.80. The maximum Gasteiger partial charge on any atom is 0.328 e. The molecule has 1 saturated carbocycles. The summed E-state index contributed by atoms with van der Waals surface area (Å²) in [5, 5.41) is 8.37. The van der Waals surface area contributed by atoms with Crippen LogP contribution in [0.25, 0.3) is 0 Å². The molecule has 1 aliphatic rings. The zero-order valence-electron chi connectivity index (χ0n) is 8.37. The monoisotopic (exact) mass is 180 g/mol. The Kier molecular flexibility index (Phi) is 2.60. The van der Waals surface area contributed by atoms with Crippen molar-refractivity contribution in [3.8, 4) is 0 Å². The molecule has 1 rings (SSSR count). The van der Waals surface area contributed by atoms with Gasteiger partial charge in [0.25, 0.3) is 0 Å². The Morgan fingerprint density at radius 3 is 2.46 bits per heavy atom. The average Bonchev–Trinajstić information content (AvgIpc) is 2.59. The Morgan fingerprint density at radius 1 is 1.54 bits per heavy atom. The summed E-state index contributed by atoms with van der Waals surface area (Å²) in [6, 6.07) is 0. The lowest BCUT2D eigenvalue weighted by Crippen LogP contribution is -1.91. The third kappa shape index (κ3) is 2.72. The number of rotatable bonds is 3. The Hall–Kier alpha value is -1.05. The maximum atomic E-state index is 10.2. The van der Waals surface area contributed by atoms with E-state index >= 15 is 0 Å². The van der Waals surface area contributed by atoms with Gasteiger partial charge in [0.05, 0.1) is 0 Å². The standard InChI is InChI=1S/C11H16O2/c1-8(5-4-6-10(12)13)9-7-11(9,2)3/h4-6,9H,7H2,1-3H3,(H,12,13)/b6-4+,8-5-. The molecule has 0 aliphatic heterocycles. The van der Waals surface area contributed by atoms with Crippen molar-refractivity contribution in [3.63, 3.8) is 0 Å². The summed E-state index contributed by atoms with van der Waals surface area (Å²) in [5.41, 5.74) is 1.71. The largest absolute Gasteiger partial charge is 0.478 e.